The number of anilines is 2. The second-order valence-electron chi connectivity index (χ2n) is 10.7. The molecule has 4 heterocycles. The Balaban J connectivity index is 0.000000211. The summed E-state index contributed by atoms with van der Waals surface area (Å²) in [7, 11) is 1.25. The van der Waals surface area contributed by atoms with Crippen molar-refractivity contribution >= 4 is 67.9 Å². The van der Waals surface area contributed by atoms with Gasteiger partial charge in [0.25, 0.3) is 0 Å². The number of benzene rings is 2. The summed E-state index contributed by atoms with van der Waals surface area (Å²) >= 11 is 10.1. The molecule has 0 atom stereocenters. The number of pyridine rings is 2. The molecule has 4 aromatic heterocycles. The van der Waals surface area contributed by atoms with Crippen LogP contribution in [0.25, 0.3) is 22.1 Å². The zero-order valence-corrected chi connectivity index (χ0v) is 28.4. The van der Waals surface area contributed by atoms with Crippen molar-refractivity contribution in [3.8, 4) is 0 Å². The second-order valence-corrected chi connectivity index (χ2v) is 11.4. The number of thiocarbonyl (C=S) groups is 2. The standard InChI is InChI=1S/C19H21N3S.C9H7N3S.C8H12N2.CH4/c20-18-7-2-1-4-15(18)5-3-6-16(23)9-8-14-10-12-21-19-17(14)11-13-22-19;13-6-10-5-7-1-3-11-9-8(7)2-4-12-9;9-6-5-7-3-1-2-4-8(7)10;/h1-2,4,7,10-13H,3,5-6,8-9,20H2,(H,21,22);1-4H,5H2,(H,11,12);1-4H,5-6,9-10H2;1H4/i;;;1D. The van der Waals surface area contributed by atoms with Crippen molar-refractivity contribution in [1.82, 2.24) is 19.9 Å². The van der Waals surface area contributed by atoms with Gasteiger partial charge in [0.15, 0.2) is 0 Å². The van der Waals surface area contributed by atoms with Gasteiger partial charge in [0.05, 0.1) is 11.7 Å². The molecule has 8 N–H and O–H groups in total. The molecule has 0 aliphatic rings. The molecular weight excluding hydrogens is 621 g/mol. The number of nitrogens with one attached hydrogen (secondary N) is 2. The molecule has 0 aliphatic carbocycles. The van der Waals surface area contributed by atoms with Crippen LogP contribution in [0.1, 0.15) is 50.3 Å². The van der Waals surface area contributed by atoms with E-state index >= 15 is 0 Å². The number of aromatic nitrogens is 4. The van der Waals surface area contributed by atoms with Gasteiger partial charge >= 0.3 is 0 Å². The topological polar surface area (TPSA) is 148 Å². The van der Waals surface area contributed by atoms with Gasteiger partial charge in [-0.25, -0.2) is 15.0 Å². The van der Waals surface area contributed by atoms with Gasteiger partial charge in [-0.3, -0.25) is 0 Å². The van der Waals surface area contributed by atoms with Gasteiger partial charge in [-0.05, 0) is 121 Å². The van der Waals surface area contributed by atoms with Crippen LogP contribution < -0.4 is 17.2 Å². The van der Waals surface area contributed by atoms with Gasteiger partial charge < -0.3 is 27.2 Å². The van der Waals surface area contributed by atoms with Crippen molar-refractivity contribution < 1.29 is 1.37 Å². The van der Waals surface area contributed by atoms with Crippen LogP contribution in [-0.4, -0.2) is 36.5 Å². The summed E-state index contributed by atoms with van der Waals surface area (Å²) in [5.74, 6) is 0. The molecule has 6 aromatic rings. The molecule has 0 fully saturated rings. The Kier molecular flexibility index (Phi) is 14.7. The average Bonchev–Trinajstić information content (AvgIpc) is 3.81. The number of aryl methyl sites for hydroxylation is 2. The van der Waals surface area contributed by atoms with Crippen molar-refractivity contribution in [2.24, 2.45) is 10.7 Å². The average molecular weight is 666 g/mol. The molecule has 0 unspecified atom stereocenters. The van der Waals surface area contributed by atoms with Crippen molar-refractivity contribution in [2.45, 2.75) is 52.5 Å². The summed E-state index contributed by atoms with van der Waals surface area (Å²) < 4.78 is 5.75. The number of rotatable bonds is 11. The first-order chi connectivity index (χ1) is 23.5. The number of aromatic amines is 2. The third-order valence-corrected chi connectivity index (χ3v) is 8.05. The monoisotopic (exact) mass is 665 g/mol. The van der Waals surface area contributed by atoms with Crippen LogP contribution in [0, 0.1) is 0 Å². The van der Waals surface area contributed by atoms with Crippen LogP contribution in [0.3, 0.4) is 0 Å². The predicted molar refractivity (Wildman–Crippen MR) is 206 cm³/mol. The highest BCUT2D eigenvalue weighted by Gasteiger charge is 2.06. The summed E-state index contributed by atoms with van der Waals surface area (Å²) in [5.41, 5.74) is 25.3. The Morgan fingerprint density at radius 2 is 1.30 bits per heavy atom. The highest BCUT2D eigenvalue weighted by molar-refractivity contribution is 7.80. The minimum absolute atomic E-state index is 0.570. The fraction of sp³-hybridized carbons (Fsp3) is 0.243. The van der Waals surface area contributed by atoms with E-state index in [-0.39, 0.29) is 0 Å². The number of nitrogens with two attached hydrogens (primary N) is 3. The molecule has 0 saturated heterocycles. The lowest BCUT2D eigenvalue weighted by molar-refractivity contribution is 0.857. The summed E-state index contributed by atoms with van der Waals surface area (Å²) in [6, 6.07) is 23.9. The van der Waals surface area contributed by atoms with Gasteiger partial charge in [0.1, 0.15) is 11.3 Å². The van der Waals surface area contributed by atoms with Crippen LogP contribution >= 0.6 is 24.4 Å². The zero-order valence-electron chi connectivity index (χ0n) is 27.8. The van der Waals surface area contributed by atoms with Crippen molar-refractivity contribution in [1.29, 1.82) is 0 Å². The summed E-state index contributed by atoms with van der Waals surface area (Å²) in [6.45, 7) is 1.23. The fourth-order valence-corrected chi connectivity index (χ4v) is 5.37. The van der Waals surface area contributed by atoms with E-state index in [1.54, 1.807) is 6.20 Å². The molecule has 0 aliphatic heterocycles. The minimum Gasteiger partial charge on any atom is -0.399 e. The lowest BCUT2D eigenvalue weighted by Crippen LogP contribution is -2.04. The number of fused-ring (bicyclic) bond motifs is 2. The second kappa shape index (κ2) is 19.7. The number of nitrogens with zero attached hydrogens (tertiary/aromatic N) is 3. The molecule has 6 rings (SSSR count). The fourth-order valence-electron chi connectivity index (χ4n) is 5.06. The Labute approximate surface area is 289 Å². The van der Waals surface area contributed by atoms with Crippen LogP contribution in [0.2, 0.25) is 0 Å². The SMILES string of the molecule is NCCc1ccccc1N.Nc1ccccc1CCCC(=S)CCc1ccnc2[nH]ccc12.S=C=NCc1ccnc2[nH]ccc12.[2H]C. The third-order valence-electron chi connectivity index (χ3n) is 7.51. The summed E-state index contributed by atoms with van der Waals surface area (Å²) in [6.07, 6.45) is 13.2. The van der Waals surface area contributed by atoms with Crippen molar-refractivity contribution in [3.63, 3.8) is 0 Å². The smallest absolute Gasteiger partial charge is 0.137 e. The number of aliphatic imine (C=N–C) groups is 1. The van der Waals surface area contributed by atoms with E-state index in [9.17, 15) is 0 Å². The Morgan fingerprint density at radius 1 is 0.745 bits per heavy atom. The lowest BCUT2D eigenvalue weighted by Gasteiger charge is -2.07. The van der Waals surface area contributed by atoms with Crippen LogP contribution in [0.4, 0.5) is 11.4 Å². The van der Waals surface area contributed by atoms with Gasteiger partial charge in [-0.15, -0.1) is 0 Å². The minimum atomic E-state index is 0.570. The maximum atomic E-state index is 5.97. The van der Waals surface area contributed by atoms with E-state index in [4.69, 9.17) is 30.8 Å². The molecule has 0 radical (unpaired) electrons. The summed E-state index contributed by atoms with van der Waals surface area (Å²) in [4.78, 5) is 19.7. The highest BCUT2D eigenvalue weighted by atomic mass is 32.1. The predicted octanol–water partition coefficient (Wildman–Crippen LogP) is 8.04. The molecule has 0 amide bonds. The number of hydrogen-bond donors (Lipinski definition) is 5. The molecule has 10 heteroatoms. The maximum absolute atomic E-state index is 5.97. The quantitative estimate of drug-likeness (QED) is 0.0534. The first kappa shape index (κ1) is 35.1. The van der Waals surface area contributed by atoms with E-state index in [0.29, 0.717) is 13.1 Å². The normalized spacial score (nSPS) is 10.3. The van der Waals surface area contributed by atoms with Crippen LogP contribution in [0.15, 0.2) is 103 Å². The number of H-pyrrole nitrogens is 2. The Hall–Kier alpha value is -4.73. The lowest BCUT2D eigenvalue weighted by atomic mass is 10.0. The number of hydrogen-bond acceptors (Lipinski definition) is 8. The number of para-hydroxylation sites is 2. The van der Waals surface area contributed by atoms with Crippen molar-refractivity contribution in [2.75, 3.05) is 18.0 Å². The first-order valence-corrected chi connectivity index (χ1v) is 16.1. The van der Waals surface area contributed by atoms with E-state index in [1.165, 1.54) is 23.9 Å². The highest BCUT2D eigenvalue weighted by Crippen LogP contribution is 2.19. The molecular formula is C37H44N8S2. The number of isothiocyanates is 1. The molecule has 0 spiro atoms. The van der Waals surface area contributed by atoms with E-state index in [1.807, 2.05) is 73.2 Å². The molecule has 0 bridgehead atoms. The van der Waals surface area contributed by atoms with Gasteiger partial charge in [0, 0.05) is 48.3 Å². The Morgan fingerprint density at radius 3 is 1.87 bits per heavy atom. The molecule has 0 saturated carbocycles. The zero-order chi connectivity index (χ0) is 34.6. The van der Waals surface area contributed by atoms with Gasteiger partial charge in [-0.1, -0.05) is 56.0 Å². The van der Waals surface area contributed by atoms with Crippen LogP contribution in [-0.2, 0) is 25.8 Å². The molecule has 8 nitrogen and oxygen atoms in total. The Bertz CT molecular complexity index is 1900. The largest absolute Gasteiger partial charge is 0.399 e. The molecule has 244 valence electrons. The van der Waals surface area contributed by atoms with Crippen LogP contribution in [0.5, 0.6) is 0 Å². The van der Waals surface area contributed by atoms with E-state index < -0.39 is 0 Å². The third kappa shape index (κ3) is 11.2. The summed E-state index contributed by atoms with van der Waals surface area (Å²) in [5, 5.41) is 4.65. The number of nitrogen functional groups attached to an aromatic ring is 2. The molecule has 47 heavy (non-hydrogen) atoms. The van der Waals surface area contributed by atoms with E-state index in [2.05, 4.69) is 60.5 Å². The van der Waals surface area contributed by atoms with E-state index in [0.717, 1.165) is 82.6 Å². The maximum Gasteiger partial charge on any atom is 0.137 e. The van der Waals surface area contributed by atoms with Crippen molar-refractivity contribution in [3.05, 3.63) is 120 Å². The molecule has 2 aromatic carbocycles. The van der Waals surface area contributed by atoms with Gasteiger partial charge in [-0.2, -0.15) is 0 Å². The first-order valence-electron chi connectivity index (χ1n) is 16.2. The van der Waals surface area contributed by atoms with Gasteiger partial charge in [0.2, 0.25) is 0 Å².